The molecule has 1 aromatic rings. The Hall–Kier alpha value is -0.930. The van der Waals surface area contributed by atoms with Gasteiger partial charge in [-0.3, -0.25) is 4.79 Å². The fourth-order valence-corrected chi connectivity index (χ4v) is 1.69. The van der Waals surface area contributed by atoms with Crippen LogP contribution in [-0.2, 0) is 16.0 Å². The fraction of sp³-hybridized carbons (Fsp3) is 0.462. The van der Waals surface area contributed by atoms with Gasteiger partial charge in [0.05, 0.1) is 0 Å². The number of ketones is 1. The maximum Gasteiger partial charge on any atom is 0.168 e. The van der Waals surface area contributed by atoms with Crippen LogP contribution >= 0.6 is 11.6 Å². The quantitative estimate of drug-likeness (QED) is 0.809. The Labute approximate surface area is 106 Å². The normalized spacial score (nSPS) is 11.6. The largest absolute Gasteiger partial charge is 0.368 e. The Bertz CT molecular complexity index is 416. The van der Waals surface area contributed by atoms with E-state index in [-0.39, 0.29) is 12.2 Å². The van der Waals surface area contributed by atoms with E-state index in [0.29, 0.717) is 17.2 Å². The molecule has 0 saturated carbocycles. The van der Waals surface area contributed by atoms with Gasteiger partial charge in [-0.05, 0) is 44.5 Å². The molecule has 94 valence electrons. The molecule has 0 atom stereocenters. The topological polar surface area (TPSA) is 26.3 Å². The van der Waals surface area contributed by atoms with E-state index in [4.69, 9.17) is 16.3 Å². The maximum atomic E-state index is 13.0. The second-order valence-electron chi connectivity index (χ2n) is 4.28. The van der Waals surface area contributed by atoms with Crippen LogP contribution in [0.25, 0.3) is 0 Å². The van der Waals surface area contributed by atoms with Gasteiger partial charge in [0.1, 0.15) is 11.4 Å². The third kappa shape index (κ3) is 3.79. The van der Waals surface area contributed by atoms with Crippen LogP contribution < -0.4 is 0 Å². The highest BCUT2D eigenvalue weighted by Gasteiger charge is 2.28. The van der Waals surface area contributed by atoms with Crippen LogP contribution in [0.2, 0.25) is 5.02 Å². The highest BCUT2D eigenvalue weighted by atomic mass is 35.5. The number of hydrogen-bond acceptors (Lipinski definition) is 2. The summed E-state index contributed by atoms with van der Waals surface area (Å²) in [4.78, 5) is 12.0. The third-order valence-corrected chi connectivity index (χ3v) is 2.90. The molecule has 0 heterocycles. The first-order valence-electron chi connectivity index (χ1n) is 5.48. The summed E-state index contributed by atoms with van der Waals surface area (Å²) < 4.78 is 18.4. The summed E-state index contributed by atoms with van der Waals surface area (Å²) in [5, 5.41) is 0.395. The molecule has 2 nitrogen and oxygen atoms in total. The Morgan fingerprint density at radius 1 is 1.47 bits per heavy atom. The van der Waals surface area contributed by atoms with Gasteiger partial charge in [-0.15, -0.1) is 0 Å². The standard InChI is InChI=1S/C13H16ClFO2/c1-4-17-13(2,3)12(16)8-9-7-10(15)5-6-11(9)14/h5-7H,4,8H2,1-3H3. The molecule has 0 aliphatic heterocycles. The SMILES string of the molecule is CCOC(C)(C)C(=O)Cc1cc(F)ccc1Cl. The number of ether oxygens (including phenoxy) is 1. The van der Waals surface area contributed by atoms with Gasteiger partial charge in [0, 0.05) is 18.1 Å². The Morgan fingerprint density at radius 2 is 2.12 bits per heavy atom. The Kier molecular flexibility index (Phi) is 4.66. The first kappa shape index (κ1) is 14.1. The first-order chi connectivity index (χ1) is 7.86. The Balaban J connectivity index is 2.84. The van der Waals surface area contributed by atoms with E-state index in [9.17, 15) is 9.18 Å². The van der Waals surface area contributed by atoms with E-state index >= 15 is 0 Å². The van der Waals surface area contributed by atoms with Crippen LogP contribution in [0.4, 0.5) is 4.39 Å². The van der Waals surface area contributed by atoms with E-state index in [0.717, 1.165) is 0 Å². The number of benzene rings is 1. The van der Waals surface area contributed by atoms with Gasteiger partial charge in [-0.25, -0.2) is 4.39 Å². The maximum absolute atomic E-state index is 13.0. The molecule has 0 aliphatic rings. The number of hydrogen-bond donors (Lipinski definition) is 0. The van der Waals surface area contributed by atoms with Crippen LogP contribution in [0.3, 0.4) is 0 Å². The zero-order valence-electron chi connectivity index (χ0n) is 10.2. The van der Waals surface area contributed by atoms with Crippen molar-refractivity contribution in [1.82, 2.24) is 0 Å². The van der Waals surface area contributed by atoms with Crippen molar-refractivity contribution in [1.29, 1.82) is 0 Å². The van der Waals surface area contributed by atoms with Crippen molar-refractivity contribution in [2.24, 2.45) is 0 Å². The van der Waals surface area contributed by atoms with Crippen molar-refractivity contribution < 1.29 is 13.9 Å². The molecule has 1 aromatic carbocycles. The smallest absolute Gasteiger partial charge is 0.168 e. The number of rotatable bonds is 5. The summed E-state index contributed by atoms with van der Waals surface area (Å²) in [6, 6.07) is 4.00. The molecular weight excluding hydrogens is 243 g/mol. The van der Waals surface area contributed by atoms with Crippen LogP contribution in [0.1, 0.15) is 26.3 Å². The van der Waals surface area contributed by atoms with Gasteiger partial charge in [-0.2, -0.15) is 0 Å². The van der Waals surface area contributed by atoms with Crippen molar-refractivity contribution in [3.05, 3.63) is 34.6 Å². The highest BCUT2D eigenvalue weighted by Crippen LogP contribution is 2.21. The lowest BCUT2D eigenvalue weighted by Gasteiger charge is -2.23. The lowest BCUT2D eigenvalue weighted by atomic mass is 9.96. The molecule has 4 heteroatoms. The summed E-state index contributed by atoms with van der Waals surface area (Å²) >= 11 is 5.91. The number of Topliss-reactive ketones (excluding diaryl/α,β-unsaturated/α-hetero) is 1. The predicted octanol–water partition coefficient (Wildman–Crippen LogP) is 3.41. The summed E-state index contributed by atoms with van der Waals surface area (Å²) in [7, 11) is 0. The van der Waals surface area contributed by atoms with Crippen LogP contribution in [-0.4, -0.2) is 18.0 Å². The number of halogens is 2. The minimum absolute atomic E-state index is 0.0730. The molecule has 17 heavy (non-hydrogen) atoms. The van der Waals surface area contributed by atoms with Gasteiger partial charge >= 0.3 is 0 Å². The van der Waals surface area contributed by atoms with Gasteiger partial charge in [0.2, 0.25) is 0 Å². The highest BCUT2D eigenvalue weighted by molar-refractivity contribution is 6.31. The van der Waals surface area contributed by atoms with Crippen LogP contribution in [0.5, 0.6) is 0 Å². The minimum Gasteiger partial charge on any atom is -0.368 e. The average molecular weight is 259 g/mol. The zero-order valence-corrected chi connectivity index (χ0v) is 11.0. The number of carbonyl (C=O) groups excluding carboxylic acids is 1. The fourth-order valence-electron chi connectivity index (χ4n) is 1.51. The van der Waals surface area contributed by atoms with E-state index in [1.807, 2.05) is 6.92 Å². The molecule has 0 radical (unpaired) electrons. The summed E-state index contributed by atoms with van der Waals surface area (Å²) in [6.45, 7) is 5.68. The lowest BCUT2D eigenvalue weighted by Crippen LogP contribution is -2.36. The van der Waals surface area contributed by atoms with Crippen molar-refractivity contribution >= 4 is 17.4 Å². The van der Waals surface area contributed by atoms with Gasteiger partial charge in [0.15, 0.2) is 5.78 Å². The molecule has 0 N–H and O–H groups in total. The zero-order chi connectivity index (χ0) is 13.1. The predicted molar refractivity (Wildman–Crippen MR) is 65.8 cm³/mol. The Morgan fingerprint density at radius 3 is 2.71 bits per heavy atom. The molecule has 0 aromatic heterocycles. The van der Waals surface area contributed by atoms with E-state index in [1.165, 1.54) is 18.2 Å². The lowest BCUT2D eigenvalue weighted by molar-refractivity contribution is -0.139. The summed E-state index contributed by atoms with van der Waals surface area (Å²) in [5.41, 5.74) is -0.380. The average Bonchev–Trinajstić information content (AvgIpc) is 2.23. The van der Waals surface area contributed by atoms with E-state index < -0.39 is 11.4 Å². The van der Waals surface area contributed by atoms with Gasteiger partial charge in [0.25, 0.3) is 0 Å². The molecule has 0 saturated heterocycles. The van der Waals surface area contributed by atoms with Crippen molar-refractivity contribution in [2.45, 2.75) is 32.8 Å². The summed E-state index contributed by atoms with van der Waals surface area (Å²) in [6.07, 6.45) is 0.0730. The third-order valence-electron chi connectivity index (χ3n) is 2.54. The van der Waals surface area contributed by atoms with Crippen LogP contribution in [0, 0.1) is 5.82 Å². The van der Waals surface area contributed by atoms with E-state index in [1.54, 1.807) is 13.8 Å². The second-order valence-corrected chi connectivity index (χ2v) is 4.69. The number of carbonyl (C=O) groups is 1. The monoisotopic (exact) mass is 258 g/mol. The molecule has 1 rings (SSSR count). The van der Waals surface area contributed by atoms with Crippen molar-refractivity contribution in [3.8, 4) is 0 Å². The molecule has 0 bridgehead atoms. The molecule has 0 amide bonds. The molecule has 0 fully saturated rings. The second kappa shape index (κ2) is 5.61. The van der Waals surface area contributed by atoms with Crippen molar-refractivity contribution in [2.75, 3.05) is 6.61 Å². The first-order valence-corrected chi connectivity index (χ1v) is 5.86. The van der Waals surface area contributed by atoms with Gasteiger partial charge in [-0.1, -0.05) is 11.6 Å². The summed E-state index contributed by atoms with van der Waals surface area (Å²) in [5.74, 6) is -0.515. The molecular formula is C13H16ClFO2. The van der Waals surface area contributed by atoms with E-state index in [2.05, 4.69) is 0 Å². The van der Waals surface area contributed by atoms with Gasteiger partial charge < -0.3 is 4.74 Å². The molecule has 0 unspecified atom stereocenters. The molecule has 0 aliphatic carbocycles. The van der Waals surface area contributed by atoms with Crippen molar-refractivity contribution in [3.63, 3.8) is 0 Å². The van der Waals surface area contributed by atoms with Crippen LogP contribution in [0.15, 0.2) is 18.2 Å². The minimum atomic E-state index is -0.871. The molecule has 0 spiro atoms.